The number of benzene rings is 3. The second-order valence-corrected chi connectivity index (χ2v) is 11.8. The fourth-order valence-electron chi connectivity index (χ4n) is 5.58. The third-order valence-electron chi connectivity index (χ3n) is 7.30. The van der Waals surface area contributed by atoms with E-state index in [1.807, 2.05) is 24.3 Å². The molecule has 0 bridgehead atoms. The van der Waals surface area contributed by atoms with Gasteiger partial charge in [0, 0.05) is 40.9 Å². The van der Waals surface area contributed by atoms with Crippen LogP contribution in [0.25, 0.3) is 33.3 Å². The lowest BCUT2D eigenvalue weighted by molar-refractivity contribution is 0.0966. The summed E-state index contributed by atoms with van der Waals surface area (Å²) in [4.78, 5) is 19.0. The number of anilines is 1. The zero-order valence-corrected chi connectivity index (χ0v) is 22.8. The summed E-state index contributed by atoms with van der Waals surface area (Å²) in [5, 5.41) is 4.13. The zero-order chi connectivity index (χ0) is 25.6. The number of amides is 1. The average molecular weight is 551 g/mol. The fraction of sp³-hybridized carbons (Fsp3) is 0.276. The SMILES string of the molecule is CS(=O)(=O)Nc1ccc(-c2ccc(-c3cc4cc(CN5CCCCC5)ccc4[nH]3)c3c2CNC3=O)cc1.Cl. The van der Waals surface area contributed by atoms with Gasteiger partial charge in [0.2, 0.25) is 10.0 Å². The number of halogens is 1. The zero-order valence-electron chi connectivity index (χ0n) is 21.2. The van der Waals surface area contributed by atoms with Gasteiger partial charge in [0.15, 0.2) is 0 Å². The number of aromatic amines is 1. The Morgan fingerprint density at radius 2 is 1.66 bits per heavy atom. The number of carbonyl (C=O) groups excluding carboxylic acids is 1. The lowest BCUT2D eigenvalue weighted by Gasteiger charge is -2.26. The third kappa shape index (κ3) is 5.29. The van der Waals surface area contributed by atoms with Crippen molar-refractivity contribution in [2.75, 3.05) is 24.1 Å². The highest BCUT2D eigenvalue weighted by Crippen LogP contribution is 2.37. The number of piperidine rings is 1. The number of aromatic nitrogens is 1. The Hall–Kier alpha value is -3.33. The second kappa shape index (κ2) is 10.4. The minimum absolute atomic E-state index is 0. The third-order valence-corrected chi connectivity index (χ3v) is 7.90. The normalized spacial score (nSPS) is 15.7. The van der Waals surface area contributed by atoms with Crippen molar-refractivity contribution in [2.24, 2.45) is 0 Å². The van der Waals surface area contributed by atoms with Crippen molar-refractivity contribution in [3.63, 3.8) is 0 Å². The standard InChI is InChI=1S/C29H30N4O3S.ClH/c1-37(35,36)32-22-8-6-20(7-9-22)23-10-11-24(28-25(23)17-30-29(28)34)27-16-21-15-19(5-12-26(21)31-27)18-33-13-3-2-4-14-33;/h5-12,15-16,31-32H,2-4,13-14,17-18H2,1H3,(H,30,34);1H. The van der Waals surface area contributed by atoms with E-state index >= 15 is 0 Å². The summed E-state index contributed by atoms with van der Waals surface area (Å²) < 4.78 is 25.5. The van der Waals surface area contributed by atoms with Crippen LogP contribution in [-0.2, 0) is 23.1 Å². The van der Waals surface area contributed by atoms with E-state index in [1.165, 1.54) is 37.9 Å². The van der Waals surface area contributed by atoms with Gasteiger partial charge in [-0.1, -0.05) is 36.8 Å². The van der Waals surface area contributed by atoms with Crippen LogP contribution in [0.2, 0.25) is 0 Å². The first-order valence-corrected chi connectivity index (χ1v) is 14.6. The van der Waals surface area contributed by atoms with Gasteiger partial charge in [-0.3, -0.25) is 14.4 Å². The van der Waals surface area contributed by atoms with Crippen LogP contribution < -0.4 is 10.0 Å². The van der Waals surface area contributed by atoms with Crippen LogP contribution >= 0.6 is 12.4 Å². The number of fused-ring (bicyclic) bond motifs is 2. The van der Waals surface area contributed by atoms with Crippen molar-refractivity contribution >= 4 is 44.9 Å². The van der Waals surface area contributed by atoms with Gasteiger partial charge in [-0.05, 0) is 78.5 Å². The molecule has 3 heterocycles. The predicted octanol–water partition coefficient (Wildman–Crippen LogP) is 5.52. The summed E-state index contributed by atoms with van der Waals surface area (Å²) in [5.41, 5.74) is 8.23. The summed E-state index contributed by atoms with van der Waals surface area (Å²) >= 11 is 0. The number of H-pyrrole nitrogens is 1. The quantitative estimate of drug-likeness (QED) is 0.294. The molecule has 0 aliphatic carbocycles. The number of nitrogens with one attached hydrogen (secondary N) is 3. The van der Waals surface area contributed by atoms with Gasteiger partial charge in [-0.25, -0.2) is 8.42 Å². The molecule has 2 aliphatic heterocycles. The molecule has 4 aromatic rings. The Bertz CT molecular complexity index is 1610. The average Bonchev–Trinajstić information content (AvgIpc) is 3.47. The van der Waals surface area contributed by atoms with E-state index in [0.717, 1.165) is 51.7 Å². The molecule has 1 saturated heterocycles. The number of hydrogen-bond acceptors (Lipinski definition) is 4. The first-order chi connectivity index (χ1) is 17.8. The van der Waals surface area contributed by atoms with Crippen molar-refractivity contribution in [3.8, 4) is 22.4 Å². The maximum absolute atomic E-state index is 12.9. The molecule has 1 amide bonds. The topological polar surface area (TPSA) is 94.3 Å². The Morgan fingerprint density at radius 3 is 2.39 bits per heavy atom. The molecule has 198 valence electrons. The van der Waals surface area contributed by atoms with Crippen LogP contribution in [0.1, 0.15) is 40.7 Å². The highest BCUT2D eigenvalue weighted by atomic mass is 35.5. The van der Waals surface area contributed by atoms with Crippen molar-refractivity contribution < 1.29 is 13.2 Å². The highest BCUT2D eigenvalue weighted by molar-refractivity contribution is 7.92. The van der Waals surface area contributed by atoms with Gasteiger partial charge in [0.1, 0.15) is 0 Å². The van der Waals surface area contributed by atoms with E-state index < -0.39 is 10.0 Å². The van der Waals surface area contributed by atoms with Crippen LogP contribution in [-0.4, -0.2) is 43.6 Å². The molecule has 38 heavy (non-hydrogen) atoms. The number of likely N-dealkylation sites (tertiary alicyclic amines) is 1. The number of rotatable bonds is 6. The molecule has 0 unspecified atom stereocenters. The predicted molar refractivity (Wildman–Crippen MR) is 155 cm³/mol. The molecule has 9 heteroatoms. The Labute approximate surface area is 229 Å². The Morgan fingerprint density at radius 1 is 0.921 bits per heavy atom. The van der Waals surface area contributed by atoms with Gasteiger partial charge in [-0.2, -0.15) is 0 Å². The van der Waals surface area contributed by atoms with Crippen molar-refractivity contribution in [2.45, 2.75) is 32.4 Å². The van der Waals surface area contributed by atoms with E-state index in [1.54, 1.807) is 12.1 Å². The van der Waals surface area contributed by atoms with Crippen LogP contribution in [0.4, 0.5) is 5.69 Å². The lowest BCUT2D eigenvalue weighted by atomic mass is 9.92. The molecule has 0 spiro atoms. The molecule has 0 saturated carbocycles. The van der Waals surface area contributed by atoms with E-state index in [-0.39, 0.29) is 18.3 Å². The smallest absolute Gasteiger partial charge is 0.252 e. The number of carbonyl (C=O) groups is 1. The van der Waals surface area contributed by atoms with Crippen LogP contribution in [0.5, 0.6) is 0 Å². The van der Waals surface area contributed by atoms with Crippen molar-refractivity contribution in [1.82, 2.24) is 15.2 Å². The molecule has 0 atom stereocenters. The molecule has 2 aliphatic rings. The first kappa shape index (κ1) is 26.3. The number of sulfonamides is 1. The summed E-state index contributed by atoms with van der Waals surface area (Å²) in [6, 6.07) is 20.0. The van der Waals surface area contributed by atoms with Gasteiger partial charge in [0.25, 0.3) is 5.91 Å². The maximum atomic E-state index is 12.9. The molecule has 3 aromatic carbocycles. The molecule has 6 rings (SSSR count). The second-order valence-electron chi connectivity index (χ2n) is 10.1. The molecule has 7 nitrogen and oxygen atoms in total. The Kier molecular flexibility index (Phi) is 7.22. The number of hydrogen-bond donors (Lipinski definition) is 3. The molecule has 1 aromatic heterocycles. The van der Waals surface area contributed by atoms with Crippen molar-refractivity contribution in [3.05, 3.63) is 77.4 Å². The molecule has 0 radical (unpaired) electrons. The molecular weight excluding hydrogens is 520 g/mol. The largest absolute Gasteiger partial charge is 0.355 e. The molecule has 3 N–H and O–H groups in total. The first-order valence-electron chi connectivity index (χ1n) is 12.7. The fourth-order valence-corrected chi connectivity index (χ4v) is 6.14. The van der Waals surface area contributed by atoms with E-state index in [2.05, 4.69) is 44.2 Å². The summed E-state index contributed by atoms with van der Waals surface area (Å²) in [6.45, 7) is 3.77. The van der Waals surface area contributed by atoms with Crippen molar-refractivity contribution in [1.29, 1.82) is 0 Å². The minimum atomic E-state index is -3.34. The number of nitrogens with zero attached hydrogens (tertiary/aromatic N) is 1. The van der Waals surface area contributed by atoms with E-state index in [0.29, 0.717) is 17.8 Å². The van der Waals surface area contributed by atoms with Crippen LogP contribution in [0.15, 0.2) is 60.7 Å². The summed E-state index contributed by atoms with van der Waals surface area (Å²) in [7, 11) is -3.34. The van der Waals surface area contributed by atoms with Crippen LogP contribution in [0.3, 0.4) is 0 Å². The lowest BCUT2D eigenvalue weighted by Crippen LogP contribution is -2.28. The highest BCUT2D eigenvalue weighted by Gasteiger charge is 2.27. The Balaban J connectivity index is 0.00000294. The summed E-state index contributed by atoms with van der Waals surface area (Å²) in [5.74, 6) is -0.0772. The maximum Gasteiger partial charge on any atom is 0.252 e. The van der Waals surface area contributed by atoms with E-state index in [9.17, 15) is 13.2 Å². The van der Waals surface area contributed by atoms with E-state index in [4.69, 9.17) is 0 Å². The van der Waals surface area contributed by atoms with Crippen LogP contribution in [0, 0.1) is 0 Å². The molecule has 1 fully saturated rings. The summed E-state index contributed by atoms with van der Waals surface area (Å²) in [6.07, 6.45) is 5.02. The minimum Gasteiger partial charge on any atom is -0.355 e. The van der Waals surface area contributed by atoms with Gasteiger partial charge < -0.3 is 10.3 Å². The van der Waals surface area contributed by atoms with Gasteiger partial charge >= 0.3 is 0 Å². The van der Waals surface area contributed by atoms with Gasteiger partial charge in [0.05, 0.1) is 11.8 Å². The van der Waals surface area contributed by atoms with Gasteiger partial charge in [-0.15, -0.1) is 12.4 Å². The monoisotopic (exact) mass is 550 g/mol. The molecular formula is C29H31ClN4O3S.